The molecule has 3 N–H and O–H groups in total. The first-order valence-corrected chi connectivity index (χ1v) is 7.31. The van der Waals surface area contributed by atoms with Crippen LogP contribution in [0.2, 0.25) is 0 Å². The highest BCUT2D eigenvalue weighted by Crippen LogP contribution is 2.30. The molecular weight excluding hydrogens is 292 g/mol. The van der Waals surface area contributed by atoms with Gasteiger partial charge in [-0.05, 0) is 18.2 Å². The molecule has 5 heteroatoms. The third kappa shape index (κ3) is 3.05. The van der Waals surface area contributed by atoms with E-state index in [0.29, 0.717) is 29.2 Å². The van der Waals surface area contributed by atoms with Gasteiger partial charge in [-0.3, -0.25) is 0 Å². The highest BCUT2D eigenvalue weighted by atomic mass is 16.5. The number of aromatic hydroxyl groups is 1. The Morgan fingerprint density at radius 1 is 1.09 bits per heavy atom. The van der Waals surface area contributed by atoms with Gasteiger partial charge in [-0.25, -0.2) is 4.98 Å². The second kappa shape index (κ2) is 6.54. The molecule has 0 spiro atoms. The maximum Gasteiger partial charge on any atom is 0.162 e. The fraction of sp³-hybridized carbons (Fsp3) is 0.167. The van der Waals surface area contributed by atoms with E-state index in [4.69, 9.17) is 4.74 Å². The number of benzene rings is 2. The molecule has 5 nitrogen and oxygen atoms in total. The van der Waals surface area contributed by atoms with Crippen LogP contribution in [0.1, 0.15) is 11.1 Å². The van der Waals surface area contributed by atoms with Crippen LogP contribution in [-0.4, -0.2) is 22.3 Å². The van der Waals surface area contributed by atoms with Crippen LogP contribution < -0.4 is 10.1 Å². The largest absolute Gasteiger partial charge is 0.504 e. The van der Waals surface area contributed by atoms with Gasteiger partial charge in [0, 0.05) is 23.1 Å². The summed E-state index contributed by atoms with van der Waals surface area (Å²) in [4.78, 5) is 4.55. The topological polar surface area (TPSA) is 74.6 Å². The molecule has 0 aliphatic heterocycles. The highest BCUT2D eigenvalue weighted by molar-refractivity contribution is 5.81. The average Bonchev–Trinajstić information content (AvgIpc) is 2.60. The molecule has 1 heterocycles. The smallest absolute Gasteiger partial charge is 0.162 e. The van der Waals surface area contributed by atoms with Gasteiger partial charge in [-0.2, -0.15) is 0 Å². The number of nitrogens with one attached hydrogen (secondary N) is 1. The van der Waals surface area contributed by atoms with Gasteiger partial charge in [-0.1, -0.05) is 30.3 Å². The van der Waals surface area contributed by atoms with Crippen LogP contribution in [0.5, 0.6) is 11.5 Å². The van der Waals surface area contributed by atoms with Crippen molar-refractivity contribution >= 4 is 16.7 Å². The van der Waals surface area contributed by atoms with Crippen LogP contribution in [0.25, 0.3) is 10.9 Å². The Morgan fingerprint density at radius 3 is 2.70 bits per heavy atom. The third-order valence-corrected chi connectivity index (χ3v) is 3.72. The highest BCUT2D eigenvalue weighted by Gasteiger charge is 2.10. The number of rotatable bonds is 5. The second-order valence-electron chi connectivity index (χ2n) is 5.17. The van der Waals surface area contributed by atoms with Crippen molar-refractivity contribution in [3.63, 3.8) is 0 Å². The number of anilines is 1. The zero-order valence-electron chi connectivity index (χ0n) is 12.8. The van der Waals surface area contributed by atoms with Crippen LogP contribution >= 0.6 is 0 Å². The summed E-state index contributed by atoms with van der Waals surface area (Å²) in [6.07, 6.45) is 0. The Hall–Kier alpha value is -2.79. The summed E-state index contributed by atoms with van der Waals surface area (Å²) in [5, 5.41) is 23.8. The Morgan fingerprint density at radius 2 is 1.91 bits per heavy atom. The zero-order chi connectivity index (χ0) is 16.2. The maximum absolute atomic E-state index is 10.1. The van der Waals surface area contributed by atoms with Crippen molar-refractivity contribution in [1.29, 1.82) is 0 Å². The molecule has 2 aromatic carbocycles. The third-order valence-electron chi connectivity index (χ3n) is 3.72. The number of nitrogens with zero attached hydrogens (tertiary/aromatic N) is 1. The number of fused-ring (bicyclic) bond motifs is 1. The van der Waals surface area contributed by atoms with Gasteiger partial charge in [0.2, 0.25) is 0 Å². The summed E-state index contributed by atoms with van der Waals surface area (Å²) in [6.45, 7) is 0.269. The van der Waals surface area contributed by atoms with Crippen molar-refractivity contribution in [3.05, 3.63) is 59.7 Å². The van der Waals surface area contributed by atoms with Gasteiger partial charge in [0.05, 0.1) is 19.2 Å². The number of ether oxygens (including phenoxy) is 1. The van der Waals surface area contributed by atoms with E-state index in [0.717, 1.165) is 10.9 Å². The van der Waals surface area contributed by atoms with Gasteiger partial charge in [0.25, 0.3) is 0 Å². The molecule has 23 heavy (non-hydrogen) atoms. The fourth-order valence-corrected chi connectivity index (χ4v) is 2.49. The van der Waals surface area contributed by atoms with Crippen LogP contribution in [0.3, 0.4) is 0 Å². The summed E-state index contributed by atoms with van der Waals surface area (Å²) >= 11 is 0. The predicted molar refractivity (Wildman–Crippen MR) is 89.7 cm³/mol. The molecule has 0 aliphatic rings. The van der Waals surface area contributed by atoms with Gasteiger partial charge in [0.15, 0.2) is 11.5 Å². The Kier molecular flexibility index (Phi) is 4.30. The minimum Gasteiger partial charge on any atom is -0.504 e. The normalized spacial score (nSPS) is 10.7. The second-order valence-corrected chi connectivity index (χ2v) is 5.17. The average molecular weight is 310 g/mol. The van der Waals surface area contributed by atoms with E-state index < -0.39 is 0 Å². The Balaban J connectivity index is 1.89. The van der Waals surface area contributed by atoms with Crippen molar-refractivity contribution in [1.82, 2.24) is 4.98 Å². The molecule has 0 aliphatic carbocycles. The predicted octanol–water partition coefficient (Wildman–Crippen LogP) is 3.05. The summed E-state index contributed by atoms with van der Waals surface area (Å²) in [7, 11) is 1.51. The molecule has 3 rings (SSSR count). The molecule has 0 saturated heterocycles. The summed E-state index contributed by atoms with van der Waals surface area (Å²) in [6, 6.07) is 15.0. The lowest BCUT2D eigenvalue weighted by Gasteiger charge is -2.13. The number of aliphatic hydroxyl groups excluding tert-OH is 1. The molecule has 3 aromatic rings. The molecule has 1 aromatic heterocycles. The summed E-state index contributed by atoms with van der Waals surface area (Å²) < 4.78 is 5.11. The standard InChI is InChI=1S/C18H18N2O3/c1-23-16-8-4-6-13(17(16)22)10-19-18-14(11-21)9-12-5-2-3-7-15(12)20-18/h2-9,21-22H,10-11H2,1H3,(H,19,20). The van der Waals surface area contributed by atoms with Gasteiger partial charge < -0.3 is 20.3 Å². The zero-order valence-corrected chi connectivity index (χ0v) is 12.8. The maximum atomic E-state index is 10.1. The number of pyridine rings is 1. The Bertz CT molecular complexity index is 834. The molecule has 0 atom stereocenters. The van der Waals surface area contributed by atoms with E-state index in [-0.39, 0.29) is 12.4 Å². The quantitative estimate of drug-likeness (QED) is 0.675. The van der Waals surface area contributed by atoms with E-state index in [1.165, 1.54) is 7.11 Å². The molecule has 0 unspecified atom stereocenters. The van der Waals surface area contributed by atoms with E-state index >= 15 is 0 Å². The molecule has 0 saturated carbocycles. The van der Waals surface area contributed by atoms with Gasteiger partial charge in [-0.15, -0.1) is 0 Å². The monoisotopic (exact) mass is 310 g/mol. The van der Waals surface area contributed by atoms with Crippen LogP contribution in [0.4, 0.5) is 5.82 Å². The fourth-order valence-electron chi connectivity index (χ4n) is 2.49. The minimum atomic E-state index is -0.107. The van der Waals surface area contributed by atoms with Crippen molar-refractivity contribution < 1.29 is 14.9 Å². The molecule has 0 radical (unpaired) electrons. The summed E-state index contributed by atoms with van der Waals surface area (Å²) in [5.74, 6) is 1.14. The SMILES string of the molecule is COc1cccc(CNc2nc3ccccc3cc2CO)c1O. The number of phenolic OH excluding ortho intramolecular Hbond substituents is 1. The van der Waals surface area contributed by atoms with Crippen LogP contribution in [0.15, 0.2) is 48.5 Å². The number of para-hydroxylation sites is 2. The molecular formula is C18H18N2O3. The number of phenols is 1. The lowest BCUT2D eigenvalue weighted by atomic mass is 10.1. The number of hydrogen-bond acceptors (Lipinski definition) is 5. The number of hydrogen-bond donors (Lipinski definition) is 3. The lowest BCUT2D eigenvalue weighted by Crippen LogP contribution is -2.05. The Labute approximate surface area is 134 Å². The van der Waals surface area contributed by atoms with Gasteiger partial charge >= 0.3 is 0 Å². The minimum absolute atomic E-state index is 0.105. The first-order valence-electron chi connectivity index (χ1n) is 7.31. The van der Waals surface area contributed by atoms with Crippen LogP contribution in [0, 0.1) is 0 Å². The summed E-state index contributed by atoms with van der Waals surface area (Å²) in [5.41, 5.74) is 2.26. The molecule has 0 amide bonds. The first-order chi connectivity index (χ1) is 11.2. The van der Waals surface area contributed by atoms with Crippen molar-refractivity contribution in [2.45, 2.75) is 13.2 Å². The molecule has 0 bridgehead atoms. The lowest BCUT2D eigenvalue weighted by molar-refractivity contribution is 0.282. The van der Waals surface area contributed by atoms with E-state index in [2.05, 4.69) is 10.3 Å². The number of aromatic nitrogens is 1. The molecule has 0 fully saturated rings. The van der Waals surface area contributed by atoms with E-state index in [9.17, 15) is 10.2 Å². The van der Waals surface area contributed by atoms with Crippen molar-refractivity contribution in [3.8, 4) is 11.5 Å². The van der Waals surface area contributed by atoms with Gasteiger partial charge in [0.1, 0.15) is 5.82 Å². The van der Waals surface area contributed by atoms with E-state index in [1.807, 2.05) is 42.5 Å². The van der Waals surface area contributed by atoms with E-state index in [1.54, 1.807) is 6.07 Å². The number of aliphatic hydroxyl groups is 1. The first kappa shape index (κ1) is 15.1. The van der Waals surface area contributed by atoms with Crippen LogP contribution in [-0.2, 0) is 13.2 Å². The number of methoxy groups -OCH3 is 1. The van der Waals surface area contributed by atoms with Crippen molar-refractivity contribution in [2.75, 3.05) is 12.4 Å². The molecule has 118 valence electrons. The van der Waals surface area contributed by atoms with Crippen molar-refractivity contribution in [2.24, 2.45) is 0 Å².